The van der Waals surface area contributed by atoms with E-state index in [1.165, 1.54) is 19.3 Å². The van der Waals surface area contributed by atoms with Crippen molar-refractivity contribution in [3.63, 3.8) is 0 Å². The van der Waals surface area contributed by atoms with Crippen LogP contribution in [0, 0.1) is 5.92 Å². The first kappa shape index (κ1) is 32.1. The van der Waals surface area contributed by atoms with E-state index in [-0.39, 0.29) is 12.5 Å². The number of aliphatic imine (C=N–C) groups is 1. The van der Waals surface area contributed by atoms with Crippen LogP contribution >= 0.6 is 0 Å². The van der Waals surface area contributed by atoms with Crippen molar-refractivity contribution in [3.05, 3.63) is 59.3 Å². The number of methoxy groups -OCH3 is 1. The van der Waals surface area contributed by atoms with Crippen LogP contribution in [0.5, 0.6) is 0 Å². The van der Waals surface area contributed by atoms with Gasteiger partial charge in [-0.25, -0.2) is 5.48 Å². The number of hydroxylamine groups is 1. The zero-order valence-corrected chi connectivity index (χ0v) is 23.4. The van der Waals surface area contributed by atoms with Crippen LogP contribution < -0.4 is 16.1 Å². The molecule has 1 saturated carbocycles. The number of nitrogens with zero attached hydrogens (tertiary/aromatic N) is 2. The lowest BCUT2D eigenvalue weighted by Crippen LogP contribution is -2.44. The van der Waals surface area contributed by atoms with Crippen LogP contribution in [-0.2, 0) is 9.53 Å². The second-order valence-corrected chi connectivity index (χ2v) is 9.59. The summed E-state index contributed by atoms with van der Waals surface area (Å²) in [7, 11) is 5.49. The van der Waals surface area contributed by atoms with Gasteiger partial charge in [-0.1, -0.05) is 38.0 Å². The summed E-state index contributed by atoms with van der Waals surface area (Å²) in [6.07, 6.45) is 11.4. The summed E-state index contributed by atoms with van der Waals surface area (Å²) in [5.74, 6) is 0.701. The van der Waals surface area contributed by atoms with E-state index in [1.54, 1.807) is 25.7 Å². The van der Waals surface area contributed by atoms with Crippen LogP contribution in [0.3, 0.4) is 0 Å². The summed E-state index contributed by atoms with van der Waals surface area (Å²) in [5, 5.41) is 25.7. The highest BCUT2D eigenvalue weighted by Crippen LogP contribution is 2.30. The molecule has 1 atom stereocenters. The van der Waals surface area contributed by atoms with Gasteiger partial charge in [0.2, 0.25) is 5.91 Å². The van der Waals surface area contributed by atoms with E-state index >= 15 is 0 Å². The Bertz CT molecular complexity index is 900. The van der Waals surface area contributed by atoms with Crippen molar-refractivity contribution >= 4 is 11.6 Å². The summed E-state index contributed by atoms with van der Waals surface area (Å²) >= 11 is 0. The van der Waals surface area contributed by atoms with Gasteiger partial charge in [-0.3, -0.25) is 15.0 Å². The average molecular weight is 518 g/mol. The van der Waals surface area contributed by atoms with Crippen LogP contribution in [0.4, 0.5) is 0 Å². The molecule has 0 bridgehead atoms. The Labute approximate surface area is 222 Å². The summed E-state index contributed by atoms with van der Waals surface area (Å²) in [6.45, 7) is 12.0. The largest absolute Gasteiger partial charge is 0.512 e. The number of ether oxygens (including phenoxy) is 1. The Morgan fingerprint density at radius 3 is 2.54 bits per heavy atom. The number of nitrogens with one attached hydrogen (secondary N) is 3. The van der Waals surface area contributed by atoms with Crippen molar-refractivity contribution < 1.29 is 19.8 Å². The van der Waals surface area contributed by atoms with Gasteiger partial charge in [-0.2, -0.15) is 0 Å². The molecule has 9 nitrogen and oxygen atoms in total. The molecule has 1 aliphatic rings. The number of hydrogen-bond acceptors (Lipinski definition) is 8. The lowest BCUT2D eigenvalue weighted by molar-refractivity contribution is -0.128. The van der Waals surface area contributed by atoms with Gasteiger partial charge in [-0.15, -0.1) is 0 Å². The summed E-state index contributed by atoms with van der Waals surface area (Å²) in [5.41, 5.74) is 5.36. The summed E-state index contributed by atoms with van der Waals surface area (Å²) < 4.78 is 5.22. The average Bonchev–Trinajstić information content (AvgIpc) is 2.84. The molecule has 0 aromatic rings. The maximum absolute atomic E-state index is 11.5. The first-order valence-electron chi connectivity index (χ1n) is 12.8. The number of likely N-dealkylation sites (N-methyl/N-ethyl adjacent to an activating group) is 1. The maximum atomic E-state index is 11.5. The highest BCUT2D eigenvalue weighted by Gasteiger charge is 2.24. The Morgan fingerprint density at radius 2 is 2.03 bits per heavy atom. The molecule has 0 heterocycles. The normalized spacial score (nSPS) is 16.9. The minimum atomic E-state index is -0.533. The number of aliphatic hydroxyl groups is 1. The Balaban J connectivity index is 3.07. The highest BCUT2D eigenvalue weighted by atomic mass is 16.5. The smallest absolute Gasteiger partial charge is 0.247 e. The Hall–Kier alpha value is -2.88. The van der Waals surface area contributed by atoms with Crippen molar-refractivity contribution in [2.24, 2.45) is 10.9 Å². The molecule has 208 valence electrons. The van der Waals surface area contributed by atoms with E-state index in [4.69, 9.17) is 9.94 Å². The van der Waals surface area contributed by atoms with Gasteiger partial charge in [0, 0.05) is 39.0 Å². The SMILES string of the molecule is C=C(/C=C(\C=C/C)C(=NC)/C(C)=C(\C)N/C(=C/O)N[C@@H](CC1CCC1)CN(C)CCOC)CC(=O)NO. The monoisotopic (exact) mass is 517 g/mol. The van der Waals surface area contributed by atoms with E-state index in [2.05, 4.69) is 34.2 Å². The molecule has 1 aliphatic carbocycles. The molecule has 37 heavy (non-hydrogen) atoms. The molecule has 9 heteroatoms. The van der Waals surface area contributed by atoms with Gasteiger partial charge < -0.3 is 25.4 Å². The fraction of sp³-hybridized carbons (Fsp3) is 0.571. The molecule has 0 aromatic heterocycles. The molecule has 0 aromatic carbocycles. The van der Waals surface area contributed by atoms with Crippen molar-refractivity contribution in [3.8, 4) is 0 Å². The minimum Gasteiger partial charge on any atom is -0.512 e. The van der Waals surface area contributed by atoms with Crippen molar-refractivity contribution in [2.75, 3.05) is 40.9 Å². The van der Waals surface area contributed by atoms with E-state index in [1.807, 2.05) is 32.9 Å². The molecular formula is C28H47N5O4. The Morgan fingerprint density at radius 1 is 1.32 bits per heavy atom. The van der Waals surface area contributed by atoms with Crippen LogP contribution in [0.15, 0.2) is 64.3 Å². The number of rotatable bonds is 17. The van der Waals surface area contributed by atoms with Gasteiger partial charge >= 0.3 is 0 Å². The van der Waals surface area contributed by atoms with Crippen molar-refractivity contribution in [2.45, 2.75) is 58.9 Å². The lowest BCUT2D eigenvalue weighted by Gasteiger charge is -2.33. The minimum absolute atomic E-state index is 0.0307. The van der Waals surface area contributed by atoms with Gasteiger partial charge in [0.25, 0.3) is 0 Å². The molecule has 0 radical (unpaired) electrons. The van der Waals surface area contributed by atoms with E-state index in [0.717, 1.165) is 48.3 Å². The molecule has 1 rings (SSSR count). The summed E-state index contributed by atoms with van der Waals surface area (Å²) in [6, 6.07) is 0.171. The van der Waals surface area contributed by atoms with Crippen molar-refractivity contribution in [1.82, 2.24) is 21.0 Å². The maximum Gasteiger partial charge on any atom is 0.247 e. The predicted molar refractivity (Wildman–Crippen MR) is 150 cm³/mol. The summed E-state index contributed by atoms with van der Waals surface area (Å²) in [4.78, 5) is 18.3. The number of carbonyl (C=O) groups is 1. The fourth-order valence-electron chi connectivity index (χ4n) is 4.23. The molecule has 0 saturated heterocycles. The zero-order chi connectivity index (χ0) is 27.8. The topological polar surface area (TPSA) is 118 Å². The molecule has 0 spiro atoms. The van der Waals surface area contributed by atoms with E-state index in [9.17, 15) is 9.90 Å². The van der Waals surface area contributed by atoms with Gasteiger partial charge in [0.15, 0.2) is 0 Å². The van der Waals surface area contributed by atoms with Crippen LogP contribution in [0.2, 0.25) is 0 Å². The van der Waals surface area contributed by atoms with Crippen molar-refractivity contribution in [1.29, 1.82) is 0 Å². The second kappa shape index (κ2) is 17.6. The number of hydrogen-bond donors (Lipinski definition) is 5. The van der Waals surface area contributed by atoms with Gasteiger partial charge in [0.05, 0.1) is 18.7 Å². The lowest BCUT2D eigenvalue weighted by atomic mass is 9.81. The second-order valence-electron chi connectivity index (χ2n) is 9.59. The number of amides is 1. The van der Waals surface area contributed by atoms with Crippen LogP contribution in [-0.4, -0.2) is 73.8 Å². The number of carbonyl (C=O) groups excluding carboxylic acids is 1. The molecule has 1 amide bonds. The molecule has 0 aliphatic heterocycles. The van der Waals surface area contributed by atoms with Gasteiger partial charge in [0.1, 0.15) is 12.1 Å². The van der Waals surface area contributed by atoms with Crippen LogP contribution in [0.25, 0.3) is 0 Å². The van der Waals surface area contributed by atoms with E-state index in [0.29, 0.717) is 23.9 Å². The standard InChI is InChI=1S/C28H47N5O4/c1-8-10-24(15-20(2)16-27(35)32-36)28(29-5)21(3)22(4)30-26(19-34)31-25(17-23-11-9-12-23)18-33(6)13-14-37-7/h8,10,15,19,23,25,30-31,34,36H,2,9,11-14,16-18H2,1,3-7H3,(H,32,35)/b10-8-,22-21+,24-15+,26-19-,29-28?/t25-/m0/s1. The van der Waals surface area contributed by atoms with E-state index < -0.39 is 5.91 Å². The molecule has 1 fully saturated rings. The zero-order valence-electron chi connectivity index (χ0n) is 23.4. The fourth-order valence-corrected chi connectivity index (χ4v) is 4.23. The Kier molecular flexibility index (Phi) is 15.3. The number of allylic oxidation sites excluding steroid dienone is 6. The molecule has 5 N–H and O–H groups in total. The third-order valence-electron chi connectivity index (χ3n) is 6.50. The van der Waals surface area contributed by atoms with Gasteiger partial charge in [-0.05, 0) is 63.0 Å². The quantitative estimate of drug-likeness (QED) is 0.0651. The molecular weight excluding hydrogens is 470 g/mol. The third kappa shape index (κ3) is 11.8. The predicted octanol–water partition coefficient (Wildman–Crippen LogP) is 3.98. The van der Waals surface area contributed by atoms with Crippen LogP contribution in [0.1, 0.15) is 52.9 Å². The third-order valence-corrected chi connectivity index (χ3v) is 6.50. The highest BCUT2D eigenvalue weighted by molar-refractivity contribution is 6.14. The first-order valence-corrected chi connectivity index (χ1v) is 12.8. The first-order chi connectivity index (χ1) is 17.7. The number of aliphatic hydroxyl groups excluding tert-OH is 1. The molecule has 0 unspecified atom stereocenters.